The number of anilines is 1. The van der Waals surface area contributed by atoms with E-state index < -0.39 is 34.1 Å². The van der Waals surface area contributed by atoms with Crippen molar-refractivity contribution in [2.45, 2.75) is 57.6 Å². The van der Waals surface area contributed by atoms with E-state index in [0.29, 0.717) is 15.6 Å². The maximum atomic E-state index is 14.0. The number of carbonyl (C=O) groups is 2. The van der Waals surface area contributed by atoms with Crippen molar-refractivity contribution in [3.63, 3.8) is 0 Å². The molecule has 3 aromatic carbocycles. The number of aryl methyl sites for hydroxylation is 1. The number of amides is 2. The molecule has 0 saturated carbocycles. The molecule has 2 amide bonds. The first-order valence-electron chi connectivity index (χ1n) is 12.4. The number of benzene rings is 3. The van der Waals surface area contributed by atoms with E-state index in [9.17, 15) is 18.0 Å². The van der Waals surface area contributed by atoms with Crippen molar-refractivity contribution in [3.8, 4) is 0 Å². The van der Waals surface area contributed by atoms with Crippen LogP contribution in [0.15, 0.2) is 77.7 Å². The van der Waals surface area contributed by atoms with Gasteiger partial charge in [-0.1, -0.05) is 59.6 Å². The number of carbonyl (C=O) groups excluding carboxylic acids is 2. The van der Waals surface area contributed by atoms with Gasteiger partial charge < -0.3 is 10.2 Å². The Labute approximate surface area is 240 Å². The summed E-state index contributed by atoms with van der Waals surface area (Å²) in [5.41, 5.74) is 1.10. The quantitative estimate of drug-likeness (QED) is 0.340. The van der Waals surface area contributed by atoms with Gasteiger partial charge in [-0.2, -0.15) is 0 Å². The highest BCUT2D eigenvalue weighted by molar-refractivity contribution is 7.92. The molecule has 0 aromatic heterocycles. The molecule has 10 heteroatoms. The van der Waals surface area contributed by atoms with Crippen LogP contribution in [-0.2, 0) is 26.2 Å². The Balaban J connectivity index is 2.06. The normalized spacial score (nSPS) is 12.5. The van der Waals surface area contributed by atoms with E-state index in [-0.39, 0.29) is 23.0 Å². The summed E-state index contributed by atoms with van der Waals surface area (Å²) in [6, 6.07) is 18.8. The third-order valence-electron chi connectivity index (χ3n) is 5.98. The number of hydrogen-bond donors (Lipinski definition) is 1. The van der Waals surface area contributed by atoms with E-state index in [1.54, 1.807) is 68.4 Å². The van der Waals surface area contributed by atoms with Gasteiger partial charge in [0.15, 0.2) is 0 Å². The van der Waals surface area contributed by atoms with Gasteiger partial charge in [-0.05, 0) is 82.1 Å². The van der Waals surface area contributed by atoms with Gasteiger partial charge in [-0.3, -0.25) is 13.9 Å². The topological polar surface area (TPSA) is 86.8 Å². The van der Waals surface area contributed by atoms with Gasteiger partial charge in [0.25, 0.3) is 10.0 Å². The lowest BCUT2D eigenvalue weighted by Crippen LogP contribution is -2.54. The molecule has 0 fully saturated rings. The van der Waals surface area contributed by atoms with Crippen LogP contribution in [0.1, 0.15) is 38.8 Å². The minimum absolute atomic E-state index is 0.0277. The average molecular weight is 591 g/mol. The summed E-state index contributed by atoms with van der Waals surface area (Å²) in [5.74, 6) is -0.915. The van der Waals surface area contributed by atoms with Crippen molar-refractivity contribution in [2.24, 2.45) is 0 Å². The van der Waals surface area contributed by atoms with E-state index in [1.165, 1.54) is 23.1 Å². The number of hydrogen-bond acceptors (Lipinski definition) is 4. The molecule has 0 bridgehead atoms. The molecule has 0 spiro atoms. The SMILES string of the molecule is Cc1ccc(Cl)cc1N(CC(=O)N(Cc1ccc(Cl)cc1)C(C)C(=O)NC(C)(C)C)S(=O)(=O)c1ccccc1. The van der Waals surface area contributed by atoms with Gasteiger partial charge in [0.2, 0.25) is 11.8 Å². The fourth-order valence-corrected chi connectivity index (χ4v) is 5.71. The third kappa shape index (κ3) is 7.97. The molecule has 1 atom stereocenters. The van der Waals surface area contributed by atoms with Crippen LogP contribution < -0.4 is 9.62 Å². The predicted octanol–water partition coefficient (Wildman–Crippen LogP) is 5.83. The Kier molecular flexibility index (Phi) is 9.69. The highest BCUT2D eigenvalue weighted by atomic mass is 35.5. The van der Waals surface area contributed by atoms with E-state index >= 15 is 0 Å². The van der Waals surface area contributed by atoms with Crippen LogP contribution in [0.2, 0.25) is 10.0 Å². The fourth-order valence-electron chi connectivity index (χ4n) is 3.93. The molecular formula is C29H33Cl2N3O4S. The van der Waals surface area contributed by atoms with Crippen molar-refractivity contribution < 1.29 is 18.0 Å². The van der Waals surface area contributed by atoms with Crippen molar-refractivity contribution in [1.82, 2.24) is 10.2 Å². The molecule has 39 heavy (non-hydrogen) atoms. The molecular weight excluding hydrogens is 557 g/mol. The monoisotopic (exact) mass is 589 g/mol. The minimum Gasteiger partial charge on any atom is -0.350 e. The Bertz CT molecular complexity index is 1420. The Morgan fingerprint density at radius 1 is 0.923 bits per heavy atom. The maximum absolute atomic E-state index is 14.0. The number of halogens is 2. The summed E-state index contributed by atoms with van der Waals surface area (Å²) in [6.07, 6.45) is 0. The van der Waals surface area contributed by atoms with E-state index in [4.69, 9.17) is 23.2 Å². The largest absolute Gasteiger partial charge is 0.350 e. The lowest BCUT2D eigenvalue weighted by Gasteiger charge is -2.34. The highest BCUT2D eigenvalue weighted by Gasteiger charge is 2.34. The van der Waals surface area contributed by atoms with Gasteiger partial charge in [-0.25, -0.2) is 8.42 Å². The van der Waals surface area contributed by atoms with Gasteiger partial charge in [0.1, 0.15) is 12.6 Å². The van der Waals surface area contributed by atoms with Crippen molar-refractivity contribution in [3.05, 3.63) is 94.0 Å². The average Bonchev–Trinajstić information content (AvgIpc) is 2.87. The number of nitrogens with zero attached hydrogens (tertiary/aromatic N) is 2. The van der Waals surface area contributed by atoms with Crippen molar-refractivity contribution in [2.75, 3.05) is 10.8 Å². The van der Waals surface area contributed by atoms with Gasteiger partial charge in [0.05, 0.1) is 10.6 Å². The first-order valence-corrected chi connectivity index (χ1v) is 14.6. The summed E-state index contributed by atoms with van der Waals surface area (Å²) in [4.78, 5) is 28.5. The number of rotatable bonds is 9. The second-order valence-corrected chi connectivity index (χ2v) is 13.1. The smallest absolute Gasteiger partial charge is 0.264 e. The number of nitrogens with one attached hydrogen (secondary N) is 1. The molecule has 0 heterocycles. The molecule has 3 aromatic rings. The maximum Gasteiger partial charge on any atom is 0.264 e. The minimum atomic E-state index is -4.17. The fraction of sp³-hybridized carbons (Fsp3) is 0.310. The lowest BCUT2D eigenvalue weighted by molar-refractivity contribution is -0.140. The van der Waals surface area contributed by atoms with E-state index in [0.717, 1.165) is 9.87 Å². The van der Waals surface area contributed by atoms with Gasteiger partial charge >= 0.3 is 0 Å². The Morgan fingerprint density at radius 2 is 1.51 bits per heavy atom. The standard InChI is InChI=1S/C29H33Cl2N3O4S/c1-20-11-14-24(31)17-26(20)34(39(37,38)25-9-7-6-8-10-25)19-27(35)33(18-22-12-15-23(30)16-13-22)21(2)28(36)32-29(3,4)5/h6-17,21H,18-19H2,1-5H3,(H,32,36). The summed E-state index contributed by atoms with van der Waals surface area (Å²) in [6.45, 7) is 8.43. The summed E-state index contributed by atoms with van der Waals surface area (Å²) in [5, 5.41) is 3.76. The summed E-state index contributed by atoms with van der Waals surface area (Å²) >= 11 is 12.3. The molecule has 0 aliphatic heterocycles. The van der Waals surface area contributed by atoms with Crippen LogP contribution in [-0.4, -0.2) is 43.3 Å². The molecule has 208 valence electrons. The van der Waals surface area contributed by atoms with Crippen LogP contribution >= 0.6 is 23.2 Å². The molecule has 0 aliphatic carbocycles. The lowest BCUT2D eigenvalue weighted by atomic mass is 10.1. The summed E-state index contributed by atoms with van der Waals surface area (Å²) < 4.78 is 28.8. The molecule has 0 radical (unpaired) electrons. The van der Waals surface area contributed by atoms with E-state index in [1.807, 2.05) is 20.8 Å². The highest BCUT2D eigenvalue weighted by Crippen LogP contribution is 2.30. The third-order valence-corrected chi connectivity index (χ3v) is 8.24. The van der Waals surface area contributed by atoms with Crippen molar-refractivity contribution in [1.29, 1.82) is 0 Å². The van der Waals surface area contributed by atoms with Crippen molar-refractivity contribution >= 4 is 50.7 Å². The Hall–Kier alpha value is -3.07. The van der Waals surface area contributed by atoms with Crippen LogP contribution in [0.3, 0.4) is 0 Å². The first kappa shape index (κ1) is 30.5. The zero-order valence-electron chi connectivity index (χ0n) is 22.6. The van der Waals surface area contributed by atoms with Gasteiger partial charge in [-0.15, -0.1) is 0 Å². The molecule has 3 rings (SSSR count). The van der Waals surface area contributed by atoms with Crippen LogP contribution in [0.25, 0.3) is 0 Å². The molecule has 1 unspecified atom stereocenters. The molecule has 0 aliphatic rings. The van der Waals surface area contributed by atoms with Gasteiger partial charge in [0, 0.05) is 22.1 Å². The van der Waals surface area contributed by atoms with E-state index in [2.05, 4.69) is 5.32 Å². The zero-order valence-corrected chi connectivity index (χ0v) is 24.9. The van der Waals surface area contributed by atoms with Crippen LogP contribution in [0.5, 0.6) is 0 Å². The second-order valence-electron chi connectivity index (χ2n) is 10.3. The second kappa shape index (κ2) is 12.4. The van der Waals surface area contributed by atoms with Crippen LogP contribution in [0, 0.1) is 6.92 Å². The number of sulfonamides is 1. The first-order chi connectivity index (χ1) is 18.2. The van der Waals surface area contributed by atoms with Crippen LogP contribution in [0.4, 0.5) is 5.69 Å². The molecule has 1 N–H and O–H groups in total. The Morgan fingerprint density at radius 3 is 2.10 bits per heavy atom. The molecule has 0 saturated heterocycles. The predicted molar refractivity (Wildman–Crippen MR) is 157 cm³/mol. The molecule has 7 nitrogen and oxygen atoms in total. The summed E-state index contributed by atoms with van der Waals surface area (Å²) in [7, 11) is -4.17. The zero-order chi connectivity index (χ0) is 29.0.